The Bertz CT molecular complexity index is 680. The lowest BCUT2D eigenvalue weighted by atomic mass is 10.3. The Hall–Kier alpha value is -1.65. The summed E-state index contributed by atoms with van der Waals surface area (Å²) >= 11 is 0. The third kappa shape index (κ3) is 4.50. The molecule has 0 fully saturated rings. The van der Waals surface area contributed by atoms with Gasteiger partial charge in [-0.25, -0.2) is 22.0 Å². The van der Waals surface area contributed by atoms with Crippen LogP contribution < -0.4 is 9.86 Å². The van der Waals surface area contributed by atoms with Gasteiger partial charge in [-0.15, -0.1) is 0 Å². The van der Waals surface area contributed by atoms with Gasteiger partial charge in [0.05, 0.1) is 12.8 Å². The number of methoxy groups -OCH3 is 1. The van der Waals surface area contributed by atoms with Crippen LogP contribution in [0.3, 0.4) is 0 Å². The maximum Gasteiger partial charge on any atom is 0.322 e. The zero-order valence-electron chi connectivity index (χ0n) is 9.86. The van der Waals surface area contributed by atoms with E-state index in [4.69, 9.17) is 5.14 Å². The van der Waals surface area contributed by atoms with Gasteiger partial charge in [0.15, 0.2) is 5.75 Å². The van der Waals surface area contributed by atoms with Crippen molar-refractivity contribution in [2.45, 2.75) is 4.90 Å². The van der Waals surface area contributed by atoms with Crippen LogP contribution in [0.5, 0.6) is 0 Å². The average Bonchev–Trinajstić information content (AvgIpc) is 2.26. The van der Waals surface area contributed by atoms with Crippen LogP contribution in [-0.4, -0.2) is 35.7 Å². The third-order valence-electron chi connectivity index (χ3n) is 1.99. The topological polar surface area (TPSA) is 133 Å². The molecule has 0 heterocycles. The summed E-state index contributed by atoms with van der Waals surface area (Å²) in [5.41, 5.74) is -0.228. The van der Waals surface area contributed by atoms with E-state index in [1.165, 1.54) is 18.2 Å². The van der Waals surface area contributed by atoms with E-state index in [2.05, 4.69) is 4.74 Å². The van der Waals surface area contributed by atoms with E-state index in [1.807, 2.05) is 4.72 Å². The van der Waals surface area contributed by atoms with Gasteiger partial charge in [0.25, 0.3) is 0 Å². The zero-order chi connectivity index (χ0) is 14.7. The molecule has 0 aromatic heterocycles. The maximum atomic E-state index is 11.6. The summed E-state index contributed by atoms with van der Waals surface area (Å²) in [6.07, 6.45) is 0. The standard InChI is InChI=1S/C9H12N2O6S2/c1-17-9(12)6-18(13,14)11-7-4-2-3-5-8(7)19(10,15)16/h2-5,11H,6H2,1H3,(H2,10,15,16). The monoisotopic (exact) mass is 308 g/mol. The highest BCUT2D eigenvalue weighted by molar-refractivity contribution is 7.93. The molecule has 0 aliphatic heterocycles. The molecule has 19 heavy (non-hydrogen) atoms. The number of carbonyl (C=O) groups excluding carboxylic acids is 1. The van der Waals surface area contributed by atoms with Crippen LogP contribution in [0.15, 0.2) is 29.2 Å². The SMILES string of the molecule is COC(=O)CS(=O)(=O)Nc1ccccc1S(N)(=O)=O. The minimum Gasteiger partial charge on any atom is -0.468 e. The van der Waals surface area contributed by atoms with Crippen molar-refractivity contribution < 1.29 is 26.4 Å². The van der Waals surface area contributed by atoms with Gasteiger partial charge in [-0.1, -0.05) is 12.1 Å². The summed E-state index contributed by atoms with van der Waals surface area (Å²) in [7, 11) is -7.12. The molecule has 0 saturated heterocycles. The van der Waals surface area contributed by atoms with E-state index in [9.17, 15) is 21.6 Å². The van der Waals surface area contributed by atoms with Crippen molar-refractivity contribution in [3.8, 4) is 0 Å². The first-order valence-electron chi connectivity index (χ1n) is 4.85. The van der Waals surface area contributed by atoms with Crippen LogP contribution >= 0.6 is 0 Å². The van der Waals surface area contributed by atoms with Gasteiger partial charge in [-0.3, -0.25) is 9.52 Å². The molecule has 0 radical (unpaired) electrons. The average molecular weight is 308 g/mol. The predicted octanol–water partition coefficient (Wildman–Crippen LogP) is -0.751. The van der Waals surface area contributed by atoms with Crippen LogP contribution in [-0.2, 0) is 29.6 Å². The van der Waals surface area contributed by atoms with Gasteiger partial charge in [-0.2, -0.15) is 0 Å². The van der Waals surface area contributed by atoms with Crippen molar-refractivity contribution >= 4 is 31.7 Å². The largest absolute Gasteiger partial charge is 0.468 e. The molecule has 0 aliphatic carbocycles. The van der Waals surface area contributed by atoms with Gasteiger partial charge in [-0.05, 0) is 12.1 Å². The number of primary sulfonamides is 1. The lowest BCUT2D eigenvalue weighted by molar-refractivity contribution is -0.137. The second-order valence-corrected chi connectivity index (χ2v) is 6.73. The second kappa shape index (κ2) is 5.55. The highest BCUT2D eigenvalue weighted by Crippen LogP contribution is 2.20. The van der Waals surface area contributed by atoms with Crippen LogP contribution in [0.1, 0.15) is 0 Å². The van der Waals surface area contributed by atoms with Crippen LogP contribution in [0.25, 0.3) is 0 Å². The number of hydrogen-bond acceptors (Lipinski definition) is 6. The number of rotatable bonds is 5. The molecule has 106 valence electrons. The minimum absolute atomic E-state index is 0.228. The Kier molecular flexibility index (Phi) is 4.50. The molecular formula is C9H12N2O6S2. The van der Waals surface area contributed by atoms with Crippen LogP contribution in [0.4, 0.5) is 5.69 Å². The first kappa shape index (κ1) is 15.4. The Labute approximate surface area is 110 Å². The van der Waals surface area contributed by atoms with Crippen molar-refractivity contribution in [2.75, 3.05) is 17.6 Å². The molecule has 8 nitrogen and oxygen atoms in total. The Morgan fingerprint density at radius 2 is 1.84 bits per heavy atom. The lowest BCUT2D eigenvalue weighted by Gasteiger charge is -2.10. The van der Waals surface area contributed by atoms with E-state index in [1.54, 1.807) is 0 Å². The van der Waals surface area contributed by atoms with Crippen molar-refractivity contribution in [2.24, 2.45) is 5.14 Å². The molecule has 1 aromatic rings. The molecule has 3 N–H and O–H groups in total. The Morgan fingerprint density at radius 3 is 2.37 bits per heavy atom. The van der Waals surface area contributed by atoms with Gasteiger partial charge in [0, 0.05) is 0 Å². The summed E-state index contributed by atoms with van der Waals surface area (Å²) in [6, 6.07) is 5.17. The number of anilines is 1. The van der Waals surface area contributed by atoms with E-state index >= 15 is 0 Å². The fourth-order valence-electron chi connectivity index (χ4n) is 1.22. The summed E-state index contributed by atoms with van der Waals surface area (Å²) in [6.45, 7) is 0. The number of nitrogens with two attached hydrogens (primary N) is 1. The third-order valence-corrected chi connectivity index (χ3v) is 4.11. The Balaban J connectivity index is 3.11. The zero-order valence-corrected chi connectivity index (χ0v) is 11.5. The molecule has 0 saturated carbocycles. The number of benzene rings is 1. The fraction of sp³-hybridized carbons (Fsp3) is 0.222. The van der Waals surface area contributed by atoms with Crippen molar-refractivity contribution in [3.63, 3.8) is 0 Å². The summed E-state index contributed by atoms with van der Waals surface area (Å²) in [4.78, 5) is 10.5. The number of carbonyl (C=O) groups is 1. The molecule has 0 aliphatic rings. The van der Waals surface area contributed by atoms with E-state index < -0.39 is 31.8 Å². The number of sulfonamides is 2. The van der Waals surface area contributed by atoms with Gasteiger partial charge < -0.3 is 4.74 Å². The highest BCUT2D eigenvalue weighted by Gasteiger charge is 2.21. The second-order valence-electron chi connectivity index (χ2n) is 3.48. The number of nitrogens with one attached hydrogen (secondary N) is 1. The number of esters is 1. The number of para-hydroxylation sites is 1. The summed E-state index contributed by atoms with van der Waals surface area (Å²) in [5.74, 6) is -1.90. The molecule has 0 unspecified atom stereocenters. The highest BCUT2D eigenvalue weighted by atomic mass is 32.2. The molecule has 0 spiro atoms. The molecule has 0 amide bonds. The van der Waals surface area contributed by atoms with E-state index in [0.29, 0.717) is 0 Å². The molecule has 10 heteroatoms. The summed E-state index contributed by atoms with van der Waals surface area (Å²) < 4.78 is 51.9. The minimum atomic E-state index is -4.08. The fourth-order valence-corrected chi connectivity index (χ4v) is 2.99. The molecule has 0 atom stereocenters. The smallest absolute Gasteiger partial charge is 0.322 e. The number of hydrogen-bond donors (Lipinski definition) is 2. The molecule has 0 bridgehead atoms. The summed E-state index contributed by atoms with van der Waals surface area (Å²) in [5, 5.41) is 4.95. The van der Waals surface area contributed by atoms with Crippen molar-refractivity contribution in [3.05, 3.63) is 24.3 Å². The van der Waals surface area contributed by atoms with Crippen molar-refractivity contribution in [1.82, 2.24) is 0 Å². The number of ether oxygens (including phenoxy) is 1. The van der Waals surface area contributed by atoms with Gasteiger partial charge in [0.1, 0.15) is 4.90 Å². The van der Waals surface area contributed by atoms with Crippen LogP contribution in [0, 0.1) is 0 Å². The predicted molar refractivity (Wildman–Crippen MR) is 67.2 cm³/mol. The van der Waals surface area contributed by atoms with Crippen molar-refractivity contribution in [1.29, 1.82) is 0 Å². The van der Waals surface area contributed by atoms with E-state index in [0.717, 1.165) is 13.2 Å². The first-order valence-corrected chi connectivity index (χ1v) is 8.05. The normalized spacial score (nSPS) is 11.9. The lowest BCUT2D eigenvalue weighted by Crippen LogP contribution is -2.25. The van der Waals surface area contributed by atoms with Gasteiger partial charge >= 0.3 is 5.97 Å². The quantitative estimate of drug-likeness (QED) is 0.688. The molecule has 1 rings (SSSR count). The maximum absolute atomic E-state index is 11.6. The first-order chi connectivity index (χ1) is 8.65. The molecule has 1 aromatic carbocycles. The Morgan fingerprint density at radius 1 is 1.26 bits per heavy atom. The molecular weight excluding hydrogens is 296 g/mol. The van der Waals surface area contributed by atoms with Crippen LogP contribution in [0.2, 0.25) is 0 Å². The van der Waals surface area contributed by atoms with E-state index in [-0.39, 0.29) is 10.6 Å². The van der Waals surface area contributed by atoms with Gasteiger partial charge in [0.2, 0.25) is 20.0 Å².